The van der Waals surface area contributed by atoms with Crippen LogP contribution in [-0.2, 0) is 0 Å². The van der Waals surface area contributed by atoms with Gasteiger partial charge in [0, 0.05) is 11.6 Å². The molecule has 0 aliphatic carbocycles. The average molecular weight is 648 g/mol. The van der Waals surface area contributed by atoms with Gasteiger partial charge in [-0.3, -0.25) is 25.0 Å². The van der Waals surface area contributed by atoms with Crippen LogP contribution in [0.5, 0.6) is 28.7 Å². The molecule has 3 aromatic rings. The maximum Gasteiger partial charge on any atom is 0.318 e. The van der Waals surface area contributed by atoms with Crippen molar-refractivity contribution >= 4 is 46.1 Å². The maximum absolute atomic E-state index is 12.5. The molecule has 0 radical (unpaired) electrons. The van der Waals surface area contributed by atoms with E-state index in [1.165, 1.54) is 26.5 Å². The van der Waals surface area contributed by atoms with Crippen LogP contribution in [0.4, 0.5) is 11.4 Å². The summed E-state index contributed by atoms with van der Waals surface area (Å²) in [5.74, 6) is 0.500. The van der Waals surface area contributed by atoms with Gasteiger partial charge in [-0.15, -0.1) is 0 Å². The van der Waals surface area contributed by atoms with Gasteiger partial charge in [0.05, 0.1) is 39.9 Å². The van der Waals surface area contributed by atoms with E-state index in [1.807, 2.05) is 22.6 Å². The fourth-order valence-electron chi connectivity index (χ4n) is 3.18. The number of amides is 1. The van der Waals surface area contributed by atoms with Crippen LogP contribution in [-0.4, -0.2) is 42.8 Å². The second-order valence-electron chi connectivity index (χ2n) is 7.47. The smallest absolute Gasteiger partial charge is 0.318 e. The van der Waals surface area contributed by atoms with E-state index in [1.54, 1.807) is 30.3 Å². The molecule has 0 aliphatic rings. The highest BCUT2D eigenvalue weighted by Crippen LogP contribution is 2.41. The number of rotatable bonds is 12. The number of hydrogen-bond acceptors (Lipinski definition) is 10. The van der Waals surface area contributed by atoms with Crippen molar-refractivity contribution in [2.45, 2.75) is 0 Å². The monoisotopic (exact) mass is 648 g/mol. The highest BCUT2D eigenvalue weighted by molar-refractivity contribution is 14.1. The first kappa shape index (κ1) is 28.8. The molecule has 0 saturated carbocycles. The summed E-state index contributed by atoms with van der Waals surface area (Å²) in [7, 11) is 2.83. The highest BCUT2D eigenvalue weighted by Gasteiger charge is 2.23. The summed E-state index contributed by atoms with van der Waals surface area (Å²) in [6, 6.07) is 10.9. The summed E-state index contributed by atoms with van der Waals surface area (Å²) in [6.45, 7) is 3.87. The molecule has 0 aliphatic heterocycles. The molecular weight excluding hydrogens is 627 g/mol. The standard InChI is InChI=1S/C25H21IN4O9/c1-4-9-38-21-7-5-16(12-22(21)36-2)25(31)28-27-14-15-10-18(26)24(23(11-15)37-3)39-20-8-6-17(29(32)33)13-19(20)30(34)35/h4-8,10-14H,1,9H2,2-3H3,(H,28,31)/b27-14+. The number of hydrazone groups is 1. The van der Waals surface area contributed by atoms with Gasteiger partial charge in [-0.05, 0) is 64.6 Å². The lowest BCUT2D eigenvalue weighted by atomic mass is 10.2. The van der Waals surface area contributed by atoms with Gasteiger partial charge >= 0.3 is 5.69 Å². The number of methoxy groups -OCH3 is 2. The molecule has 3 rings (SSSR count). The van der Waals surface area contributed by atoms with Gasteiger partial charge in [0.2, 0.25) is 5.75 Å². The van der Waals surface area contributed by atoms with E-state index in [4.69, 9.17) is 18.9 Å². The first-order chi connectivity index (χ1) is 18.7. The Morgan fingerprint density at radius 2 is 1.72 bits per heavy atom. The number of nitrogens with one attached hydrogen (secondary N) is 1. The van der Waals surface area contributed by atoms with Crippen LogP contribution in [0.15, 0.2) is 66.3 Å². The lowest BCUT2D eigenvalue weighted by Gasteiger charge is -2.13. The first-order valence-corrected chi connectivity index (χ1v) is 12.0. The van der Waals surface area contributed by atoms with E-state index >= 15 is 0 Å². The van der Waals surface area contributed by atoms with E-state index in [2.05, 4.69) is 17.1 Å². The summed E-state index contributed by atoms with van der Waals surface area (Å²) in [5, 5.41) is 26.4. The van der Waals surface area contributed by atoms with Crippen LogP contribution >= 0.6 is 22.6 Å². The Morgan fingerprint density at radius 3 is 2.36 bits per heavy atom. The van der Waals surface area contributed by atoms with Gasteiger partial charge in [0.1, 0.15) is 6.61 Å². The summed E-state index contributed by atoms with van der Waals surface area (Å²) >= 11 is 1.94. The number of benzene rings is 3. The largest absolute Gasteiger partial charge is 0.493 e. The molecule has 1 amide bonds. The topological polar surface area (TPSA) is 165 Å². The Balaban J connectivity index is 1.79. The number of hydrogen-bond donors (Lipinski definition) is 1. The molecule has 1 N–H and O–H groups in total. The molecule has 202 valence electrons. The normalized spacial score (nSPS) is 10.5. The SMILES string of the molecule is C=CCOc1ccc(C(=O)N/N=C/c2cc(I)c(Oc3ccc([N+](=O)[O-])cc3[N+](=O)[O-])c(OC)c2)cc1OC. The van der Waals surface area contributed by atoms with Crippen molar-refractivity contribution in [3.63, 3.8) is 0 Å². The summed E-state index contributed by atoms with van der Waals surface area (Å²) in [5.41, 5.74) is 2.21. The third-order valence-electron chi connectivity index (χ3n) is 4.98. The Kier molecular flexibility index (Phi) is 9.75. The predicted octanol–water partition coefficient (Wildman–Crippen LogP) is 5.25. The molecule has 3 aromatic carbocycles. The molecule has 0 fully saturated rings. The van der Waals surface area contributed by atoms with Crippen LogP contribution in [0.25, 0.3) is 0 Å². The van der Waals surface area contributed by atoms with Gasteiger partial charge in [-0.1, -0.05) is 12.7 Å². The molecule has 13 nitrogen and oxygen atoms in total. The van der Waals surface area contributed by atoms with E-state index in [0.29, 0.717) is 20.6 Å². The molecule has 0 aromatic heterocycles. The summed E-state index contributed by atoms with van der Waals surface area (Å²) < 4.78 is 22.3. The maximum atomic E-state index is 12.5. The zero-order chi connectivity index (χ0) is 28.5. The number of non-ortho nitro benzene ring substituents is 1. The van der Waals surface area contributed by atoms with Crippen molar-refractivity contribution in [3.8, 4) is 28.7 Å². The van der Waals surface area contributed by atoms with Crippen LogP contribution in [0.2, 0.25) is 0 Å². The summed E-state index contributed by atoms with van der Waals surface area (Å²) in [6.07, 6.45) is 2.96. The van der Waals surface area contributed by atoms with Crippen LogP contribution in [0.3, 0.4) is 0 Å². The highest BCUT2D eigenvalue weighted by atomic mass is 127. The van der Waals surface area contributed by atoms with E-state index in [9.17, 15) is 25.0 Å². The van der Waals surface area contributed by atoms with Gasteiger partial charge in [-0.25, -0.2) is 5.43 Å². The number of nitrogens with zero attached hydrogens (tertiary/aromatic N) is 3. The fourth-order valence-corrected chi connectivity index (χ4v) is 3.91. The molecule has 39 heavy (non-hydrogen) atoms. The molecular formula is C25H21IN4O9. The van der Waals surface area contributed by atoms with Crippen molar-refractivity contribution in [3.05, 3.63) is 96.1 Å². The van der Waals surface area contributed by atoms with Crippen molar-refractivity contribution in [1.29, 1.82) is 0 Å². The zero-order valence-electron chi connectivity index (χ0n) is 20.6. The Morgan fingerprint density at radius 1 is 1.00 bits per heavy atom. The van der Waals surface area contributed by atoms with E-state index < -0.39 is 27.1 Å². The number of nitro benzene ring substituents is 2. The second kappa shape index (κ2) is 13.2. The Labute approximate surface area is 235 Å². The third kappa shape index (κ3) is 7.19. The van der Waals surface area contributed by atoms with Crippen molar-refractivity contribution in [2.75, 3.05) is 20.8 Å². The van der Waals surface area contributed by atoms with Crippen LogP contribution < -0.4 is 24.4 Å². The number of nitro groups is 2. The lowest BCUT2D eigenvalue weighted by Crippen LogP contribution is -2.17. The zero-order valence-corrected chi connectivity index (χ0v) is 22.7. The molecule has 0 bridgehead atoms. The van der Waals surface area contributed by atoms with Crippen molar-refractivity contribution < 1.29 is 33.6 Å². The summed E-state index contributed by atoms with van der Waals surface area (Å²) in [4.78, 5) is 33.5. The average Bonchev–Trinajstić information content (AvgIpc) is 2.92. The molecule has 0 heterocycles. The van der Waals surface area contributed by atoms with Gasteiger partial charge in [0.25, 0.3) is 11.6 Å². The van der Waals surface area contributed by atoms with Crippen LogP contribution in [0.1, 0.15) is 15.9 Å². The fraction of sp³-hybridized carbons (Fsp3) is 0.120. The van der Waals surface area contributed by atoms with Gasteiger partial charge < -0.3 is 18.9 Å². The second-order valence-corrected chi connectivity index (χ2v) is 8.63. The minimum Gasteiger partial charge on any atom is -0.493 e. The van der Waals surface area contributed by atoms with Crippen LogP contribution in [0, 0.1) is 23.8 Å². The number of carbonyl (C=O) groups is 1. The molecule has 0 atom stereocenters. The van der Waals surface area contributed by atoms with Crippen molar-refractivity contribution in [1.82, 2.24) is 5.43 Å². The minimum absolute atomic E-state index is 0.155. The number of carbonyl (C=O) groups excluding carboxylic acids is 1. The Bertz CT molecular complexity index is 1460. The quantitative estimate of drug-likeness (QED) is 0.0909. The van der Waals surface area contributed by atoms with Crippen molar-refractivity contribution in [2.24, 2.45) is 5.10 Å². The van der Waals surface area contributed by atoms with Gasteiger partial charge in [-0.2, -0.15) is 5.10 Å². The first-order valence-electron chi connectivity index (χ1n) is 10.9. The number of halogens is 1. The van der Waals surface area contributed by atoms with Gasteiger partial charge in [0.15, 0.2) is 23.0 Å². The minimum atomic E-state index is -0.775. The molecule has 0 unspecified atom stereocenters. The van der Waals surface area contributed by atoms with E-state index in [0.717, 1.165) is 18.2 Å². The lowest BCUT2D eigenvalue weighted by molar-refractivity contribution is -0.394. The predicted molar refractivity (Wildman–Crippen MR) is 149 cm³/mol. The Hall–Kier alpha value is -4.73. The third-order valence-corrected chi connectivity index (χ3v) is 5.78. The number of ether oxygens (including phenoxy) is 4. The molecule has 0 spiro atoms. The van der Waals surface area contributed by atoms with E-state index in [-0.39, 0.29) is 29.4 Å². The molecule has 14 heteroatoms. The molecule has 0 saturated heterocycles.